The van der Waals surface area contributed by atoms with Crippen molar-refractivity contribution in [2.24, 2.45) is 0 Å². The van der Waals surface area contributed by atoms with E-state index >= 15 is 0 Å². The Morgan fingerprint density at radius 2 is 1.01 bits per heavy atom. The molecule has 1 aliphatic heterocycles. The molecule has 0 fully saturated rings. The molecule has 0 saturated carbocycles. The molecule has 10 aromatic rings. The monoisotopic (exact) mass is 1170 g/mol. The van der Waals surface area contributed by atoms with Crippen molar-refractivity contribution in [1.29, 1.82) is 0 Å². The van der Waals surface area contributed by atoms with Crippen LogP contribution in [-0.2, 0) is 37.3 Å². The first-order valence-electron chi connectivity index (χ1n) is 26.8. The molecule has 6 heteroatoms. The van der Waals surface area contributed by atoms with Crippen molar-refractivity contribution in [3.8, 4) is 17.3 Å². The molecule has 0 spiro atoms. The first kappa shape index (κ1) is 48.4. The van der Waals surface area contributed by atoms with Gasteiger partial charge < -0.3 is 19.1 Å². The third-order valence-electron chi connectivity index (χ3n) is 16.8. The molecule has 0 N–H and O–H groups in total. The van der Waals surface area contributed by atoms with Crippen molar-refractivity contribution < 1.29 is 25.8 Å². The Labute approximate surface area is 462 Å². The number of hydrogen-bond acceptors (Lipinski definition) is 4. The summed E-state index contributed by atoms with van der Waals surface area (Å²) in [6.45, 7) is 23.2. The van der Waals surface area contributed by atoms with Gasteiger partial charge in [-0.05, 0) is 119 Å². The molecule has 7 aliphatic rings. The van der Waals surface area contributed by atoms with Crippen LogP contribution in [0.1, 0.15) is 147 Å². The molecule has 2 aromatic heterocycles. The number of rotatable bonds is 5. The third-order valence-corrected chi connectivity index (χ3v) is 16.8. The van der Waals surface area contributed by atoms with Gasteiger partial charge in [0.15, 0.2) is 0 Å². The Hall–Kier alpha value is -7.20. The largest absolute Gasteiger partial charge is 0.509 e. The van der Waals surface area contributed by atoms with Gasteiger partial charge in [-0.2, -0.15) is 12.1 Å². The number of fused-ring (bicyclic) bond motifs is 4. The Bertz CT molecular complexity index is 3930. The summed E-state index contributed by atoms with van der Waals surface area (Å²) < 4.78 is 9.00. The van der Waals surface area contributed by atoms with Gasteiger partial charge in [0.25, 0.3) is 0 Å². The van der Waals surface area contributed by atoms with Crippen molar-refractivity contribution in [2.75, 3.05) is 9.80 Å². The first-order chi connectivity index (χ1) is 36.1. The first-order valence-corrected chi connectivity index (χ1v) is 26.8. The Kier molecular flexibility index (Phi) is 11.1. The number of benzene rings is 8. The van der Waals surface area contributed by atoms with Gasteiger partial charge in [-0.25, -0.2) is 4.98 Å². The molecule has 4 bridgehead atoms. The number of hydrogen-bond donors (Lipinski definition) is 0. The predicted molar refractivity (Wildman–Crippen MR) is 307 cm³/mol. The van der Waals surface area contributed by atoms with Gasteiger partial charge in [0.1, 0.15) is 5.82 Å². The molecule has 2 atom stereocenters. The average molecular weight is 1170 g/mol. The molecule has 0 saturated heterocycles. The molecule has 76 heavy (non-hydrogen) atoms. The van der Waals surface area contributed by atoms with Crippen molar-refractivity contribution in [3.63, 3.8) is 0 Å². The maximum atomic E-state index is 6.79. The van der Waals surface area contributed by atoms with Crippen LogP contribution in [0.3, 0.4) is 0 Å². The second-order valence-corrected chi connectivity index (χ2v) is 24.4. The van der Waals surface area contributed by atoms with Gasteiger partial charge in [0.05, 0.1) is 0 Å². The fourth-order valence-electron chi connectivity index (χ4n) is 13.1. The summed E-state index contributed by atoms with van der Waals surface area (Å²) in [5.41, 5.74) is 21.8. The molecular weight excluding hydrogens is 1110 g/mol. The second kappa shape index (κ2) is 17.4. The zero-order valence-corrected chi connectivity index (χ0v) is 46.9. The Morgan fingerprint density at radius 1 is 0.447 bits per heavy atom. The van der Waals surface area contributed by atoms with Crippen molar-refractivity contribution in [2.45, 2.75) is 102 Å². The standard InChI is InChI=1S/C70H61N4O.Pt/c1-68(2,3)42-29-31-54-55(35-42)67-64-52-24-12-10-22-50(52)63(51-23-11-13-25-53(51)64)65(54)56-36-44(70(7,8)9)37-61(66(56)67)73-41-72(58-27-16-17-28-59(58)73)45-19-18-20-46(39-45)75-47-30-32-49-48-21-14-15-26-57(48)74(60(49)40-47)62-38-43(33-34-71-62)69(4,5)6;/h10-38,41,63-65,67H,1-9H3;/q-3;. The van der Waals surface area contributed by atoms with Crippen LogP contribution in [-0.4, -0.2) is 9.55 Å². The summed E-state index contributed by atoms with van der Waals surface area (Å²) in [5, 5.41) is 2.24. The Morgan fingerprint density at radius 3 is 1.70 bits per heavy atom. The number of aromatic nitrogens is 2. The van der Waals surface area contributed by atoms with E-state index in [1.165, 1.54) is 66.9 Å². The van der Waals surface area contributed by atoms with Gasteiger partial charge >= 0.3 is 0 Å². The van der Waals surface area contributed by atoms with E-state index in [-0.39, 0.29) is 61.0 Å². The maximum Gasteiger partial charge on any atom is 0.135 e. The molecular formula is C70H61N4OPt-3. The molecule has 3 heterocycles. The summed E-state index contributed by atoms with van der Waals surface area (Å²) in [4.78, 5) is 9.69. The van der Waals surface area contributed by atoms with Gasteiger partial charge in [0, 0.05) is 85.0 Å². The van der Waals surface area contributed by atoms with E-state index in [0.29, 0.717) is 11.5 Å². The minimum Gasteiger partial charge on any atom is -0.509 e. The van der Waals surface area contributed by atoms with Crippen LogP contribution in [0, 0.1) is 18.8 Å². The van der Waals surface area contributed by atoms with E-state index < -0.39 is 0 Å². The van der Waals surface area contributed by atoms with Gasteiger partial charge in [-0.15, -0.1) is 48.1 Å². The number of pyridine rings is 1. The van der Waals surface area contributed by atoms with E-state index in [1.54, 1.807) is 0 Å². The van der Waals surface area contributed by atoms with Crippen LogP contribution in [0.4, 0.5) is 22.7 Å². The zero-order chi connectivity index (χ0) is 51.3. The van der Waals surface area contributed by atoms with E-state index in [0.717, 1.165) is 44.7 Å². The Balaban J connectivity index is 0.00000553. The SMILES string of the molecule is CC(C)(C)c1ccnc(-n2c3[c-]c(Oc4[c-]c(N5[CH-]N(c6cc(C(C)(C)C)cc7c6C6c8cc(C(C)(C)C)ccc8C7C7c8ccccc8C6c6ccccc67)c6ccccc65)ccc4)ccc3c3ccccc32)c1.[Pt]. The predicted octanol–water partition coefficient (Wildman–Crippen LogP) is 17.7. The smallest absolute Gasteiger partial charge is 0.135 e. The van der Waals surface area contributed by atoms with Crippen LogP contribution < -0.4 is 14.5 Å². The maximum absolute atomic E-state index is 6.79. The minimum absolute atomic E-state index is 0. The fourth-order valence-corrected chi connectivity index (χ4v) is 13.1. The zero-order valence-electron chi connectivity index (χ0n) is 44.6. The van der Waals surface area contributed by atoms with Gasteiger partial charge in [-0.1, -0.05) is 171 Å². The second-order valence-electron chi connectivity index (χ2n) is 24.4. The molecule has 17 rings (SSSR count). The quantitative estimate of drug-likeness (QED) is 0.161. The number of para-hydroxylation sites is 3. The molecule has 2 unspecified atom stereocenters. The number of anilines is 4. The molecule has 6 aliphatic carbocycles. The summed E-state index contributed by atoms with van der Waals surface area (Å²) in [7, 11) is 0. The van der Waals surface area contributed by atoms with E-state index in [4.69, 9.17) is 9.72 Å². The van der Waals surface area contributed by atoms with E-state index in [9.17, 15) is 0 Å². The molecule has 380 valence electrons. The van der Waals surface area contributed by atoms with E-state index in [2.05, 4.69) is 253 Å². The van der Waals surface area contributed by atoms with E-state index in [1.807, 2.05) is 18.3 Å². The van der Waals surface area contributed by atoms with Crippen LogP contribution in [0.15, 0.2) is 176 Å². The summed E-state index contributed by atoms with van der Waals surface area (Å²) in [6, 6.07) is 70.9. The van der Waals surface area contributed by atoms with Crippen molar-refractivity contribution in [1.82, 2.24) is 9.55 Å². The summed E-state index contributed by atoms with van der Waals surface area (Å²) in [6.07, 6.45) is 1.91. The molecule has 8 aromatic carbocycles. The van der Waals surface area contributed by atoms with Gasteiger partial charge in [0.2, 0.25) is 0 Å². The third kappa shape index (κ3) is 7.47. The minimum atomic E-state index is -0.112. The van der Waals surface area contributed by atoms with Crippen LogP contribution >= 0.6 is 0 Å². The summed E-state index contributed by atoms with van der Waals surface area (Å²) >= 11 is 0. The van der Waals surface area contributed by atoms with Crippen LogP contribution in [0.5, 0.6) is 11.5 Å². The molecule has 0 amide bonds. The molecule has 0 radical (unpaired) electrons. The fraction of sp³-hybridized carbons (Fsp3) is 0.229. The summed E-state index contributed by atoms with van der Waals surface area (Å²) in [5.74, 6) is 2.54. The average Bonchev–Trinajstić information content (AvgIpc) is 3.91. The number of ether oxygens (including phenoxy) is 1. The van der Waals surface area contributed by atoms with Crippen molar-refractivity contribution >= 4 is 44.6 Å². The topological polar surface area (TPSA) is 33.5 Å². The normalized spacial score (nSPS) is 18.1. The van der Waals surface area contributed by atoms with Crippen LogP contribution in [0.2, 0.25) is 0 Å². The van der Waals surface area contributed by atoms with Gasteiger partial charge in [-0.3, -0.25) is 0 Å². The van der Waals surface area contributed by atoms with Crippen LogP contribution in [0.25, 0.3) is 27.6 Å². The van der Waals surface area contributed by atoms with Crippen molar-refractivity contribution in [3.05, 3.63) is 256 Å². The molecule has 5 nitrogen and oxygen atoms in total. The number of nitrogens with zero attached hydrogens (tertiary/aromatic N) is 4.